The van der Waals surface area contributed by atoms with Crippen molar-refractivity contribution in [3.05, 3.63) is 41.7 Å². The molecule has 5 nitrogen and oxygen atoms in total. The number of aryl methyl sites for hydroxylation is 1. The number of ether oxygens (including phenoxy) is 1. The van der Waals surface area contributed by atoms with Crippen LogP contribution in [0.4, 0.5) is 0 Å². The first-order valence-corrected chi connectivity index (χ1v) is 5.33. The molecule has 1 heterocycles. The van der Waals surface area contributed by atoms with Gasteiger partial charge in [-0.2, -0.15) is 0 Å². The minimum absolute atomic E-state index is 0.0443. The van der Waals surface area contributed by atoms with Crippen molar-refractivity contribution in [3.63, 3.8) is 0 Å². The number of carbonyl (C=O) groups excluding carboxylic acids is 1. The molecule has 2 rings (SSSR count). The smallest absolute Gasteiger partial charge is 0.337 e. The monoisotopic (exact) mass is 244 g/mol. The van der Waals surface area contributed by atoms with Crippen LogP contribution in [0.2, 0.25) is 0 Å². The van der Waals surface area contributed by atoms with E-state index in [0.29, 0.717) is 22.6 Å². The first-order valence-electron chi connectivity index (χ1n) is 5.33. The summed E-state index contributed by atoms with van der Waals surface area (Å²) in [5.74, 6) is 0.0891. The Morgan fingerprint density at radius 1 is 1.39 bits per heavy atom. The van der Waals surface area contributed by atoms with Crippen molar-refractivity contribution in [2.75, 3.05) is 7.11 Å². The Balaban J connectivity index is 2.44. The lowest BCUT2D eigenvalue weighted by atomic mass is 10.1. The molecular weight excluding hydrogens is 232 g/mol. The SMILES string of the molecule is COC(=O)c1cccc(-c2ncc(O)c(C)n2)c1. The van der Waals surface area contributed by atoms with Gasteiger partial charge in [0.05, 0.1) is 24.6 Å². The fourth-order valence-electron chi connectivity index (χ4n) is 1.50. The third-order valence-electron chi connectivity index (χ3n) is 2.50. The van der Waals surface area contributed by atoms with Gasteiger partial charge in [0.1, 0.15) is 0 Å². The summed E-state index contributed by atoms with van der Waals surface area (Å²) in [7, 11) is 1.33. The lowest BCUT2D eigenvalue weighted by Gasteiger charge is -2.04. The third-order valence-corrected chi connectivity index (χ3v) is 2.50. The number of benzene rings is 1. The molecule has 2 aromatic rings. The average Bonchev–Trinajstić information content (AvgIpc) is 2.41. The molecule has 92 valence electrons. The Morgan fingerprint density at radius 2 is 2.17 bits per heavy atom. The molecule has 0 aliphatic carbocycles. The van der Waals surface area contributed by atoms with E-state index in [1.807, 2.05) is 0 Å². The van der Waals surface area contributed by atoms with E-state index >= 15 is 0 Å². The van der Waals surface area contributed by atoms with Crippen molar-refractivity contribution in [2.24, 2.45) is 0 Å². The predicted octanol–water partition coefficient (Wildman–Crippen LogP) is 1.94. The van der Waals surface area contributed by atoms with Crippen molar-refractivity contribution in [1.29, 1.82) is 0 Å². The lowest BCUT2D eigenvalue weighted by molar-refractivity contribution is 0.0601. The second-order valence-corrected chi connectivity index (χ2v) is 3.74. The first-order chi connectivity index (χ1) is 8.61. The van der Waals surface area contributed by atoms with Gasteiger partial charge in [0.15, 0.2) is 11.6 Å². The van der Waals surface area contributed by atoms with Crippen molar-refractivity contribution < 1.29 is 14.6 Å². The summed E-state index contributed by atoms with van der Waals surface area (Å²) in [4.78, 5) is 19.6. The number of hydrogen-bond acceptors (Lipinski definition) is 5. The molecule has 0 fully saturated rings. The standard InChI is InChI=1S/C13H12N2O3/c1-8-11(16)7-14-12(15-8)9-4-3-5-10(6-9)13(17)18-2/h3-7,16H,1-2H3. The van der Waals surface area contributed by atoms with Gasteiger partial charge in [-0.25, -0.2) is 14.8 Å². The van der Waals surface area contributed by atoms with Crippen LogP contribution in [0.15, 0.2) is 30.5 Å². The molecule has 0 spiro atoms. The fourth-order valence-corrected chi connectivity index (χ4v) is 1.50. The van der Waals surface area contributed by atoms with Crippen molar-refractivity contribution in [1.82, 2.24) is 9.97 Å². The highest BCUT2D eigenvalue weighted by Crippen LogP contribution is 2.20. The minimum atomic E-state index is -0.410. The maximum absolute atomic E-state index is 11.4. The molecule has 1 N–H and O–H groups in total. The fraction of sp³-hybridized carbons (Fsp3) is 0.154. The van der Waals surface area contributed by atoms with E-state index in [1.165, 1.54) is 13.3 Å². The molecule has 0 amide bonds. The molecule has 0 atom stereocenters. The lowest BCUT2D eigenvalue weighted by Crippen LogP contribution is -2.01. The third kappa shape index (κ3) is 2.29. The van der Waals surface area contributed by atoms with Crippen LogP contribution in [0.3, 0.4) is 0 Å². The highest BCUT2D eigenvalue weighted by atomic mass is 16.5. The molecule has 0 aliphatic rings. The molecule has 0 unspecified atom stereocenters. The van der Waals surface area contributed by atoms with Crippen LogP contribution in [0.5, 0.6) is 5.75 Å². The van der Waals surface area contributed by atoms with Crippen molar-refractivity contribution in [2.45, 2.75) is 6.92 Å². The van der Waals surface area contributed by atoms with Crippen molar-refractivity contribution in [3.8, 4) is 17.1 Å². The molecule has 1 aromatic heterocycles. The van der Waals surface area contributed by atoms with Crippen LogP contribution in [-0.4, -0.2) is 28.2 Å². The Bertz CT molecular complexity index is 597. The van der Waals surface area contributed by atoms with Crippen LogP contribution in [0.1, 0.15) is 16.1 Å². The Morgan fingerprint density at radius 3 is 2.83 bits per heavy atom. The summed E-state index contributed by atoms with van der Waals surface area (Å²) < 4.78 is 4.65. The zero-order chi connectivity index (χ0) is 13.1. The van der Waals surface area contributed by atoms with Crippen LogP contribution in [0.25, 0.3) is 11.4 Å². The average molecular weight is 244 g/mol. The maximum atomic E-state index is 11.4. The van der Waals surface area contributed by atoms with Crippen LogP contribution in [-0.2, 0) is 4.74 Å². The predicted molar refractivity (Wildman–Crippen MR) is 65.2 cm³/mol. The van der Waals surface area contributed by atoms with Gasteiger partial charge in [0.2, 0.25) is 0 Å². The van der Waals surface area contributed by atoms with Gasteiger partial charge in [0, 0.05) is 5.56 Å². The number of nitrogens with zero attached hydrogens (tertiary/aromatic N) is 2. The molecule has 0 saturated carbocycles. The van der Waals surface area contributed by atoms with E-state index in [4.69, 9.17) is 0 Å². The summed E-state index contributed by atoms with van der Waals surface area (Å²) in [5.41, 5.74) is 1.62. The normalized spacial score (nSPS) is 10.1. The molecule has 18 heavy (non-hydrogen) atoms. The zero-order valence-corrected chi connectivity index (χ0v) is 10.0. The molecule has 0 bridgehead atoms. The van der Waals surface area contributed by atoms with Crippen LogP contribution >= 0.6 is 0 Å². The number of carbonyl (C=O) groups is 1. The summed E-state index contributed by atoms with van der Waals surface area (Å²) in [6.45, 7) is 1.69. The number of hydrogen-bond donors (Lipinski definition) is 1. The summed E-state index contributed by atoms with van der Waals surface area (Å²) >= 11 is 0. The minimum Gasteiger partial charge on any atom is -0.504 e. The van der Waals surface area contributed by atoms with Gasteiger partial charge in [0.25, 0.3) is 0 Å². The van der Waals surface area contributed by atoms with Gasteiger partial charge >= 0.3 is 5.97 Å². The number of esters is 1. The highest BCUT2D eigenvalue weighted by molar-refractivity contribution is 5.90. The maximum Gasteiger partial charge on any atom is 0.337 e. The first kappa shape index (κ1) is 12.0. The van der Waals surface area contributed by atoms with E-state index in [2.05, 4.69) is 14.7 Å². The van der Waals surface area contributed by atoms with Crippen LogP contribution in [0, 0.1) is 6.92 Å². The van der Waals surface area contributed by atoms with Crippen LogP contribution < -0.4 is 0 Å². The Kier molecular flexibility index (Phi) is 3.23. The molecule has 1 aromatic carbocycles. The number of methoxy groups -OCH3 is 1. The van der Waals surface area contributed by atoms with Gasteiger partial charge in [-0.1, -0.05) is 12.1 Å². The van der Waals surface area contributed by atoms with E-state index in [1.54, 1.807) is 31.2 Å². The topological polar surface area (TPSA) is 72.3 Å². The number of rotatable bonds is 2. The van der Waals surface area contributed by atoms with E-state index in [0.717, 1.165) is 0 Å². The largest absolute Gasteiger partial charge is 0.504 e. The second-order valence-electron chi connectivity index (χ2n) is 3.74. The van der Waals surface area contributed by atoms with Gasteiger partial charge in [-0.3, -0.25) is 0 Å². The summed E-state index contributed by atoms with van der Waals surface area (Å²) in [6.07, 6.45) is 1.34. The van der Waals surface area contributed by atoms with E-state index in [9.17, 15) is 9.90 Å². The summed E-state index contributed by atoms with van der Waals surface area (Å²) in [6, 6.07) is 6.83. The molecular formula is C13H12N2O3. The van der Waals surface area contributed by atoms with Crippen molar-refractivity contribution >= 4 is 5.97 Å². The molecule has 0 saturated heterocycles. The second kappa shape index (κ2) is 4.83. The van der Waals surface area contributed by atoms with E-state index in [-0.39, 0.29) is 5.75 Å². The quantitative estimate of drug-likeness (QED) is 0.817. The Labute approximate surface area is 104 Å². The van der Waals surface area contributed by atoms with Gasteiger partial charge < -0.3 is 9.84 Å². The molecule has 5 heteroatoms. The van der Waals surface area contributed by atoms with Gasteiger partial charge in [-0.15, -0.1) is 0 Å². The number of aromatic hydroxyl groups is 1. The summed E-state index contributed by atoms with van der Waals surface area (Å²) in [5, 5.41) is 9.37. The van der Waals surface area contributed by atoms with Gasteiger partial charge in [-0.05, 0) is 19.1 Å². The molecule has 0 radical (unpaired) electrons. The Hall–Kier alpha value is -2.43. The highest BCUT2D eigenvalue weighted by Gasteiger charge is 2.09. The zero-order valence-electron chi connectivity index (χ0n) is 10.0. The number of aromatic nitrogens is 2. The molecule has 0 aliphatic heterocycles. The van der Waals surface area contributed by atoms with E-state index < -0.39 is 5.97 Å².